The van der Waals surface area contributed by atoms with Gasteiger partial charge in [-0.3, -0.25) is 14.9 Å². The molecule has 29 heavy (non-hydrogen) atoms. The van der Waals surface area contributed by atoms with Crippen molar-refractivity contribution in [2.75, 3.05) is 18.4 Å². The van der Waals surface area contributed by atoms with Crippen LogP contribution in [-0.4, -0.2) is 34.1 Å². The molecule has 0 bridgehead atoms. The van der Waals surface area contributed by atoms with Crippen molar-refractivity contribution in [2.45, 2.75) is 13.5 Å². The molecule has 0 aliphatic rings. The molecule has 150 valence electrons. The van der Waals surface area contributed by atoms with E-state index in [9.17, 15) is 14.9 Å². The number of nitro benzene ring substituents is 1. The van der Waals surface area contributed by atoms with Crippen molar-refractivity contribution in [3.8, 4) is 5.75 Å². The van der Waals surface area contributed by atoms with Gasteiger partial charge in [-0.25, -0.2) is 0 Å². The number of nitro groups is 1. The maximum Gasteiger partial charge on any atom is 0.292 e. The Bertz CT molecular complexity index is 987. The van der Waals surface area contributed by atoms with Crippen LogP contribution in [0, 0.1) is 17.0 Å². The number of rotatable bonds is 9. The molecule has 0 aliphatic carbocycles. The molecule has 3 aromatic rings. The zero-order valence-corrected chi connectivity index (χ0v) is 15.6. The molecular formula is C19H19N5O5. The van der Waals surface area contributed by atoms with E-state index in [1.807, 2.05) is 0 Å². The lowest BCUT2D eigenvalue weighted by Crippen LogP contribution is -2.28. The Labute approximate surface area is 166 Å². The Morgan fingerprint density at radius 1 is 1.17 bits per heavy atom. The van der Waals surface area contributed by atoms with E-state index < -0.39 is 4.92 Å². The highest BCUT2D eigenvalue weighted by Gasteiger charge is 2.12. The van der Waals surface area contributed by atoms with Crippen LogP contribution in [0.15, 0.2) is 53.1 Å². The van der Waals surface area contributed by atoms with Gasteiger partial charge in [0.15, 0.2) is 6.61 Å². The Balaban J connectivity index is 1.44. The molecule has 1 aromatic heterocycles. The molecule has 0 radical (unpaired) electrons. The molecule has 2 N–H and O–H groups in total. The number of aromatic nitrogens is 2. The fourth-order valence-corrected chi connectivity index (χ4v) is 2.51. The molecule has 1 heterocycles. The van der Waals surface area contributed by atoms with Gasteiger partial charge in [-0.2, -0.15) is 4.98 Å². The van der Waals surface area contributed by atoms with Crippen LogP contribution in [-0.2, 0) is 6.61 Å². The highest BCUT2D eigenvalue weighted by molar-refractivity contribution is 5.94. The van der Waals surface area contributed by atoms with Crippen molar-refractivity contribution in [1.29, 1.82) is 0 Å². The molecule has 0 saturated heterocycles. The standard InChI is InChI=1S/C19H19N5O5/c1-13-22-18(23-29-13)12-28-15-8-6-14(7-9-15)19(25)21-11-10-20-16-4-2-3-5-17(16)24(26)27/h2-9,20H,10-12H2,1H3,(H,21,25). The van der Waals surface area contributed by atoms with Gasteiger partial charge in [0.2, 0.25) is 11.7 Å². The monoisotopic (exact) mass is 397 g/mol. The lowest BCUT2D eigenvalue weighted by molar-refractivity contribution is -0.384. The Kier molecular flexibility index (Phi) is 6.36. The van der Waals surface area contributed by atoms with Gasteiger partial charge >= 0.3 is 0 Å². The number of amides is 1. The number of para-hydroxylation sites is 2. The molecule has 10 nitrogen and oxygen atoms in total. The minimum Gasteiger partial charge on any atom is -0.485 e. The SMILES string of the molecule is Cc1nc(COc2ccc(C(=O)NCCNc3ccccc3[N+](=O)[O-])cc2)no1. The number of aryl methyl sites for hydroxylation is 1. The average Bonchev–Trinajstić information content (AvgIpc) is 3.15. The van der Waals surface area contributed by atoms with Crippen LogP contribution in [0.1, 0.15) is 22.1 Å². The Morgan fingerprint density at radius 2 is 1.93 bits per heavy atom. The predicted octanol–water partition coefficient (Wildman–Crippen LogP) is 2.71. The quantitative estimate of drug-likeness (QED) is 0.320. The summed E-state index contributed by atoms with van der Waals surface area (Å²) in [6.07, 6.45) is 0. The van der Waals surface area contributed by atoms with Gasteiger partial charge in [-0.05, 0) is 30.3 Å². The number of nitrogens with one attached hydrogen (secondary N) is 2. The molecule has 0 saturated carbocycles. The summed E-state index contributed by atoms with van der Waals surface area (Å²) >= 11 is 0. The van der Waals surface area contributed by atoms with E-state index >= 15 is 0 Å². The first-order valence-electron chi connectivity index (χ1n) is 8.80. The highest BCUT2D eigenvalue weighted by Crippen LogP contribution is 2.22. The van der Waals surface area contributed by atoms with Crippen molar-refractivity contribution >= 4 is 17.3 Å². The van der Waals surface area contributed by atoms with E-state index in [4.69, 9.17) is 9.26 Å². The van der Waals surface area contributed by atoms with E-state index in [1.54, 1.807) is 49.4 Å². The van der Waals surface area contributed by atoms with Crippen molar-refractivity contribution in [2.24, 2.45) is 0 Å². The maximum atomic E-state index is 12.2. The third kappa shape index (κ3) is 5.51. The largest absolute Gasteiger partial charge is 0.485 e. The van der Waals surface area contributed by atoms with E-state index in [-0.39, 0.29) is 18.2 Å². The number of nitrogens with zero attached hydrogens (tertiary/aromatic N) is 3. The van der Waals surface area contributed by atoms with Crippen LogP contribution in [0.3, 0.4) is 0 Å². The second-order valence-electron chi connectivity index (χ2n) is 6.00. The van der Waals surface area contributed by atoms with Crippen LogP contribution in [0.2, 0.25) is 0 Å². The molecule has 1 amide bonds. The van der Waals surface area contributed by atoms with Crippen molar-refractivity contribution in [3.63, 3.8) is 0 Å². The highest BCUT2D eigenvalue weighted by atomic mass is 16.6. The summed E-state index contributed by atoms with van der Waals surface area (Å²) in [5.74, 6) is 1.22. The predicted molar refractivity (Wildman–Crippen MR) is 104 cm³/mol. The summed E-state index contributed by atoms with van der Waals surface area (Å²) in [6, 6.07) is 13.0. The van der Waals surface area contributed by atoms with Gasteiger partial charge in [0.25, 0.3) is 11.6 Å². The van der Waals surface area contributed by atoms with Gasteiger partial charge in [0.05, 0.1) is 4.92 Å². The average molecular weight is 397 g/mol. The van der Waals surface area contributed by atoms with E-state index in [0.717, 1.165) is 0 Å². The Hall–Kier alpha value is -3.95. The number of hydrogen-bond acceptors (Lipinski definition) is 8. The molecule has 0 atom stereocenters. The molecule has 0 fully saturated rings. The number of hydrogen-bond donors (Lipinski definition) is 2. The van der Waals surface area contributed by atoms with Gasteiger partial charge in [0.1, 0.15) is 11.4 Å². The van der Waals surface area contributed by atoms with Crippen LogP contribution >= 0.6 is 0 Å². The van der Waals surface area contributed by atoms with Crippen molar-refractivity contribution < 1.29 is 19.0 Å². The number of carbonyl (C=O) groups is 1. The first-order valence-corrected chi connectivity index (χ1v) is 8.80. The summed E-state index contributed by atoms with van der Waals surface area (Å²) in [6.45, 7) is 2.52. The summed E-state index contributed by atoms with van der Waals surface area (Å²) in [5.41, 5.74) is 0.869. The topological polar surface area (TPSA) is 132 Å². The van der Waals surface area contributed by atoms with Gasteiger partial charge < -0.3 is 19.9 Å². The zero-order chi connectivity index (χ0) is 20.6. The number of benzene rings is 2. The number of ether oxygens (including phenoxy) is 1. The maximum absolute atomic E-state index is 12.2. The van der Waals surface area contributed by atoms with Crippen molar-refractivity contribution in [3.05, 3.63) is 75.9 Å². The molecule has 10 heteroatoms. The first kappa shape index (κ1) is 19.8. The summed E-state index contributed by atoms with van der Waals surface area (Å²) < 4.78 is 10.4. The molecule has 0 unspecified atom stereocenters. The van der Waals surface area contributed by atoms with Crippen LogP contribution < -0.4 is 15.4 Å². The van der Waals surface area contributed by atoms with E-state index in [2.05, 4.69) is 20.8 Å². The zero-order valence-electron chi connectivity index (χ0n) is 15.6. The first-order chi connectivity index (χ1) is 14.0. The Morgan fingerprint density at radius 3 is 2.62 bits per heavy atom. The van der Waals surface area contributed by atoms with Gasteiger partial charge in [0, 0.05) is 31.6 Å². The van der Waals surface area contributed by atoms with Crippen LogP contribution in [0.25, 0.3) is 0 Å². The minimum atomic E-state index is -0.454. The lowest BCUT2D eigenvalue weighted by atomic mass is 10.2. The fourth-order valence-electron chi connectivity index (χ4n) is 2.51. The number of carbonyl (C=O) groups excluding carboxylic acids is 1. The molecule has 3 rings (SSSR count). The summed E-state index contributed by atoms with van der Waals surface area (Å²) in [4.78, 5) is 26.8. The lowest BCUT2D eigenvalue weighted by Gasteiger charge is -2.09. The number of anilines is 1. The normalized spacial score (nSPS) is 10.4. The molecular weight excluding hydrogens is 378 g/mol. The fraction of sp³-hybridized carbons (Fsp3) is 0.211. The van der Waals surface area contributed by atoms with Crippen molar-refractivity contribution in [1.82, 2.24) is 15.5 Å². The molecule has 0 aliphatic heterocycles. The van der Waals surface area contributed by atoms with Gasteiger partial charge in [-0.15, -0.1) is 0 Å². The third-order valence-corrected chi connectivity index (χ3v) is 3.88. The van der Waals surface area contributed by atoms with Crippen LogP contribution in [0.4, 0.5) is 11.4 Å². The smallest absolute Gasteiger partial charge is 0.292 e. The van der Waals surface area contributed by atoms with Gasteiger partial charge in [-0.1, -0.05) is 17.3 Å². The van der Waals surface area contributed by atoms with E-state index in [0.29, 0.717) is 41.8 Å². The van der Waals surface area contributed by atoms with E-state index in [1.165, 1.54) is 6.07 Å². The third-order valence-electron chi connectivity index (χ3n) is 3.88. The minimum absolute atomic E-state index is 0.00889. The summed E-state index contributed by atoms with van der Waals surface area (Å²) in [5, 5.41) is 20.4. The molecule has 0 spiro atoms. The summed E-state index contributed by atoms with van der Waals surface area (Å²) in [7, 11) is 0. The van der Waals surface area contributed by atoms with Crippen LogP contribution in [0.5, 0.6) is 5.75 Å². The second kappa shape index (κ2) is 9.31. The molecule has 2 aromatic carbocycles. The second-order valence-corrected chi connectivity index (χ2v) is 6.00.